The number of anilines is 1. The highest BCUT2D eigenvalue weighted by Gasteiger charge is 2.09. The van der Waals surface area contributed by atoms with Crippen molar-refractivity contribution in [3.8, 4) is 0 Å². The van der Waals surface area contributed by atoms with Gasteiger partial charge in [-0.2, -0.15) is 0 Å². The number of nitrogens with zero attached hydrogens (tertiary/aromatic N) is 2. The summed E-state index contributed by atoms with van der Waals surface area (Å²) in [5, 5.41) is 16.4. The van der Waals surface area contributed by atoms with Crippen LogP contribution < -0.4 is 21.9 Å². The Bertz CT molecular complexity index is 1120. The van der Waals surface area contributed by atoms with E-state index in [2.05, 4.69) is 25.6 Å². The number of carbonyl (C=O) groups is 1. The molecule has 11 nitrogen and oxygen atoms in total. The maximum absolute atomic E-state index is 12.2. The third-order valence-corrected chi connectivity index (χ3v) is 3.67. The lowest BCUT2D eigenvalue weighted by Gasteiger charge is -2.08. The van der Waals surface area contributed by atoms with Gasteiger partial charge in [0.2, 0.25) is 0 Å². The van der Waals surface area contributed by atoms with Gasteiger partial charge in [0.15, 0.2) is 0 Å². The van der Waals surface area contributed by atoms with Crippen LogP contribution in [-0.2, 0) is 0 Å². The van der Waals surface area contributed by atoms with E-state index >= 15 is 0 Å². The minimum Gasteiger partial charge on any atom is -0.383 e. The summed E-state index contributed by atoms with van der Waals surface area (Å²) in [7, 11) is 0. The van der Waals surface area contributed by atoms with Crippen LogP contribution in [-0.4, -0.2) is 38.9 Å². The van der Waals surface area contributed by atoms with Gasteiger partial charge in [0.25, 0.3) is 17.2 Å². The van der Waals surface area contributed by atoms with Crippen molar-refractivity contribution in [1.82, 2.24) is 20.3 Å². The minimum absolute atomic E-state index is 0.00557. The number of carbonyl (C=O) groups excluding carboxylic acids is 1. The van der Waals surface area contributed by atoms with Gasteiger partial charge < -0.3 is 10.6 Å². The molecule has 11 heteroatoms. The van der Waals surface area contributed by atoms with Crippen LogP contribution in [0, 0.1) is 10.1 Å². The zero-order valence-electron chi connectivity index (χ0n) is 13.8. The predicted octanol–water partition coefficient (Wildman–Crippen LogP) is 0.361. The quantitative estimate of drug-likeness (QED) is 0.276. The van der Waals surface area contributed by atoms with Gasteiger partial charge in [0.1, 0.15) is 5.65 Å². The Kier molecular flexibility index (Phi) is 4.92. The second kappa shape index (κ2) is 7.47. The molecule has 2 aromatic heterocycles. The lowest BCUT2D eigenvalue weighted by molar-refractivity contribution is -0.384. The molecule has 3 aromatic rings. The van der Waals surface area contributed by atoms with Crippen LogP contribution in [0.1, 0.15) is 10.4 Å². The number of non-ortho nitro benzene ring substituents is 1. The Labute approximate surface area is 150 Å². The molecule has 0 aliphatic heterocycles. The van der Waals surface area contributed by atoms with Gasteiger partial charge in [-0.3, -0.25) is 29.7 Å². The van der Waals surface area contributed by atoms with Crippen molar-refractivity contribution in [1.29, 1.82) is 0 Å². The first-order valence-electron chi connectivity index (χ1n) is 7.83. The molecule has 0 atom stereocenters. The number of nitro groups is 1. The highest BCUT2D eigenvalue weighted by Crippen LogP contribution is 2.14. The summed E-state index contributed by atoms with van der Waals surface area (Å²) in [6, 6.07) is 7.24. The third-order valence-electron chi connectivity index (χ3n) is 3.67. The molecule has 2 heterocycles. The molecule has 3 rings (SSSR count). The van der Waals surface area contributed by atoms with E-state index < -0.39 is 22.1 Å². The molecule has 0 saturated carbocycles. The fourth-order valence-corrected chi connectivity index (χ4v) is 2.36. The Morgan fingerprint density at radius 2 is 1.89 bits per heavy atom. The standard InChI is InChI=1S/C16H14N6O5/c23-14(9-7-12-13(19-8-9)20-16(25)21-15(12)24)18-6-5-17-10-1-3-11(4-2-10)22(26)27/h1-4,7-8,17H,5-6H2,(H,18,23)(H2,19,20,21,24,25). The van der Waals surface area contributed by atoms with Gasteiger partial charge in [-0.25, -0.2) is 9.78 Å². The summed E-state index contributed by atoms with van der Waals surface area (Å²) >= 11 is 0. The van der Waals surface area contributed by atoms with Crippen LogP contribution in [0.2, 0.25) is 0 Å². The Balaban J connectivity index is 1.58. The molecule has 0 unspecified atom stereocenters. The molecule has 4 N–H and O–H groups in total. The maximum atomic E-state index is 12.2. The van der Waals surface area contributed by atoms with Crippen LogP contribution in [0.4, 0.5) is 11.4 Å². The predicted molar refractivity (Wildman–Crippen MR) is 96.9 cm³/mol. The number of benzene rings is 1. The van der Waals surface area contributed by atoms with E-state index in [1.54, 1.807) is 12.1 Å². The topological polar surface area (TPSA) is 163 Å². The summed E-state index contributed by atoms with van der Waals surface area (Å²) in [5.41, 5.74) is -0.354. The number of nitrogens with one attached hydrogen (secondary N) is 4. The molecule has 0 aliphatic carbocycles. The molecule has 1 amide bonds. The lowest BCUT2D eigenvalue weighted by Crippen LogP contribution is -2.29. The zero-order valence-corrected chi connectivity index (χ0v) is 13.8. The van der Waals surface area contributed by atoms with E-state index in [1.807, 2.05) is 0 Å². The van der Waals surface area contributed by atoms with Gasteiger partial charge in [-0.15, -0.1) is 0 Å². The number of pyridine rings is 1. The van der Waals surface area contributed by atoms with Crippen LogP contribution in [0.5, 0.6) is 0 Å². The monoisotopic (exact) mass is 370 g/mol. The first-order chi connectivity index (χ1) is 12.9. The van der Waals surface area contributed by atoms with E-state index in [0.29, 0.717) is 12.2 Å². The molecule has 0 spiro atoms. The highest BCUT2D eigenvalue weighted by molar-refractivity contribution is 5.96. The summed E-state index contributed by atoms with van der Waals surface area (Å²) in [4.78, 5) is 53.6. The van der Waals surface area contributed by atoms with Crippen molar-refractivity contribution < 1.29 is 9.72 Å². The smallest absolute Gasteiger partial charge is 0.327 e. The molecule has 1 aromatic carbocycles. The average molecular weight is 370 g/mol. The molecule has 0 fully saturated rings. The number of aromatic amines is 2. The van der Waals surface area contributed by atoms with Crippen molar-refractivity contribution >= 4 is 28.3 Å². The Morgan fingerprint density at radius 3 is 2.59 bits per heavy atom. The SMILES string of the molecule is O=C(NCCNc1ccc([N+](=O)[O-])cc1)c1cnc2[nH]c(=O)[nH]c(=O)c2c1. The largest absolute Gasteiger partial charge is 0.383 e. The second-order valence-electron chi connectivity index (χ2n) is 5.52. The highest BCUT2D eigenvalue weighted by atomic mass is 16.6. The Hall–Kier alpha value is -4.02. The van der Waals surface area contributed by atoms with Gasteiger partial charge in [-0.1, -0.05) is 0 Å². The number of aromatic nitrogens is 3. The molecule has 27 heavy (non-hydrogen) atoms. The summed E-state index contributed by atoms with van der Waals surface area (Å²) in [6.07, 6.45) is 1.26. The fraction of sp³-hybridized carbons (Fsp3) is 0.125. The van der Waals surface area contributed by atoms with Gasteiger partial charge >= 0.3 is 5.69 Å². The molecule has 0 aliphatic rings. The first kappa shape index (κ1) is 17.8. The van der Waals surface area contributed by atoms with Crippen molar-refractivity contribution in [2.45, 2.75) is 0 Å². The van der Waals surface area contributed by atoms with E-state index in [0.717, 1.165) is 0 Å². The second-order valence-corrected chi connectivity index (χ2v) is 5.52. The molecule has 138 valence electrons. The number of H-pyrrole nitrogens is 2. The number of nitro benzene ring substituents is 1. The number of rotatable bonds is 6. The van der Waals surface area contributed by atoms with Gasteiger partial charge in [0, 0.05) is 37.1 Å². The number of hydrogen-bond donors (Lipinski definition) is 4. The van der Waals surface area contributed by atoms with E-state index in [1.165, 1.54) is 24.4 Å². The minimum atomic E-state index is -0.672. The van der Waals surface area contributed by atoms with Crippen LogP contribution in [0.3, 0.4) is 0 Å². The van der Waals surface area contributed by atoms with E-state index in [9.17, 15) is 24.5 Å². The molecule has 0 bridgehead atoms. The number of hydrogen-bond acceptors (Lipinski definition) is 7. The van der Waals surface area contributed by atoms with Crippen LogP contribution in [0.25, 0.3) is 11.0 Å². The van der Waals surface area contributed by atoms with Crippen molar-refractivity contribution in [2.75, 3.05) is 18.4 Å². The summed E-state index contributed by atoms with van der Waals surface area (Å²) in [6.45, 7) is 0.661. The number of fused-ring (bicyclic) bond motifs is 1. The number of amides is 1. The van der Waals surface area contributed by atoms with Crippen molar-refractivity contribution in [3.05, 3.63) is 73.0 Å². The zero-order chi connectivity index (χ0) is 19.4. The first-order valence-corrected chi connectivity index (χ1v) is 7.83. The van der Waals surface area contributed by atoms with Crippen molar-refractivity contribution in [3.63, 3.8) is 0 Å². The Morgan fingerprint density at radius 1 is 1.15 bits per heavy atom. The maximum Gasteiger partial charge on any atom is 0.327 e. The van der Waals surface area contributed by atoms with Crippen LogP contribution in [0.15, 0.2) is 46.1 Å². The summed E-state index contributed by atoms with van der Waals surface area (Å²) in [5.74, 6) is -0.430. The molecular formula is C16H14N6O5. The summed E-state index contributed by atoms with van der Waals surface area (Å²) < 4.78 is 0. The molecular weight excluding hydrogens is 356 g/mol. The van der Waals surface area contributed by atoms with E-state index in [-0.39, 0.29) is 28.8 Å². The van der Waals surface area contributed by atoms with Gasteiger partial charge in [-0.05, 0) is 18.2 Å². The van der Waals surface area contributed by atoms with Crippen molar-refractivity contribution in [2.24, 2.45) is 0 Å². The van der Waals surface area contributed by atoms with E-state index in [4.69, 9.17) is 0 Å². The average Bonchev–Trinajstić information content (AvgIpc) is 2.65. The fourth-order valence-electron chi connectivity index (χ4n) is 2.36. The lowest BCUT2D eigenvalue weighted by atomic mass is 10.2. The van der Waals surface area contributed by atoms with Gasteiger partial charge in [0.05, 0.1) is 15.9 Å². The third kappa shape index (κ3) is 4.15. The van der Waals surface area contributed by atoms with Crippen LogP contribution >= 0.6 is 0 Å². The molecule has 0 radical (unpaired) electrons. The molecule has 0 saturated heterocycles. The normalized spacial score (nSPS) is 10.5.